The number of carboxylic acids is 2. The predicted molar refractivity (Wildman–Crippen MR) is 101 cm³/mol. The molecule has 0 radical (unpaired) electrons. The van der Waals surface area contributed by atoms with Gasteiger partial charge in [0.05, 0.1) is 17.8 Å². The second-order valence-corrected chi connectivity index (χ2v) is 8.11. The van der Waals surface area contributed by atoms with Crippen LogP contribution in [0.5, 0.6) is 0 Å². The van der Waals surface area contributed by atoms with E-state index in [1.165, 1.54) is 0 Å². The van der Waals surface area contributed by atoms with E-state index >= 15 is 0 Å². The Hall–Kier alpha value is -2.61. The number of carbonyl (C=O) groups excluding carboxylic acids is 1. The number of para-hydroxylation sites is 1. The molecule has 8 heteroatoms. The first-order valence-electron chi connectivity index (χ1n) is 9.70. The zero-order chi connectivity index (χ0) is 19.9. The Morgan fingerprint density at radius 2 is 1.46 bits per heavy atom. The summed E-state index contributed by atoms with van der Waals surface area (Å²) in [4.78, 5) is 40.8. The minimum Gasteiger partial charge on any atom is -0.481 e. The number of anilines is 1. The number of aliphatic carboxylic acids is 2. The summed E-state index contributed by atoms with van der Waals surface area (Å²) < 4.78 is 0. The smallest absolute Gasteiger partial charge is 0.307 e. The highest BCUT2D eigenvalue weighted by Gasteiger charge is 2.58. The third-order valence-corrected chi connectivity index (χ3v) is 6.40. The fourth-order valence-electron chi connectivity index (χ4n) is 4.73. The first kappa shape index (κ1) is 18.7. The molecule has 0 bridgehead atoms. The van der Waals surface area contributed by atoms with Gasteiger partial charge in [0, 0.05) is 44.0 Å². The first-order chi connectivity index (χ1) is 13.4. The number of hydrogen-bond acceptors (Lipinski definition) is 5. The van der Waals surface area contributed by atoms with Crippen molar-refractivity contribution in [1.82, 2.24) is 10.2 Å². The van der Waals surface area contributed by atoms with E-state index in [-0.39, 0.29) is 5.91 Å². The predicted octanol–water partition coefficient (Wildman–Crippen LogP) is 0.489. The van der Waals surface area contributed by atoms with Crippen LogP contribution in [0.2, 0.25) is 0 Å². The number of carboxylic acid groups (broad SMARTS) is 2. The molecule has 1 amide bonds. The number of carbonyl (C=O) groups is 3. The number of benzene rings is 1. The van der Waals surface area contributed by atoms with Crippen molar-refractivity contribution < 1.29 is 24.6 Å². The van der Waals surface area contributed by atoms with E-state index in [2.05, 4.69) is 10.2 Å². The second kappa shape index (κ2) is 7.09. The molecular weight excluding hydrogens is 362 g/mol. The van der Waals surface area contributed by atoms with Gasteiger partial charge in [0.15, 0.2) is 0 Å². The number of amides is 1. The lowest BCUT2D eigenvalue weighted by Gasteiger charge is -2.42. The third kappa shape index (κ3) is 3.44. The summed E-state index contributed by atoms with van der Waals surface area (Å²) in [5.74, 6) is -5.44. The maximum Gasteiger partial charge on any atom is 0.307 e. The van der Waals surface area contributed by atoms with E-state index < -0.39 is 35.2 Å². The molecule has 3 aliphatic rings. The quantitative estimate of drug-likeness (QED) is 0.643. The standard InChI is InChI=1S/C20H25N3O5/c24-17(23-8-6-22(7-9-23)13-4-2-1-3-5-13)16-14(18(25)26)10-20(12-21-20)11-15(16)19(27)28/h1-5,14-16,21H,6-12H2,(H,25,26)(H,27,28)/t14-,15-,16?,20?/m0/s1. The Kier molecular flexibility index (Phi) is 4.74. The summed E-state index contributed by atoms with van der Waals surface area (Å²) in [7, 11) is 0. The summed E-state index contributed by atoms with van der Waals surface area (Å²) >= 11 is 0. The van der Waals surface area contributed by atoms with Crippen molar-refractivity contribution >= 4 is 23.5 Å². The molecule has 0 unspecified atom stereocenters. The number of nitrogens with zero attached hydrogens (tertiary/aromatic N) is 2. The lowest BCUT2D eigenvalue weighted by molar-refractivity contribution is -0.162. The van der Waals surface area contributed by atoms with Crippen molar-refractivity contribution in [1.29, 1.82) is 0 Å². The largest absolute Gasteiger partial charge is 0.481 e. The van der Waals surface area contributed by atoms with Crippen molar-refractivity contribution in [2.24, 2.45) is 17.8 Å². The molecule has 2 aliphatic heterocycles. The molecule has 150 valence electrons. The van der Waals surface area contributed by atoms with Crippen molar-refractivity contribution in [2.45, 2.75) is 18.4 Å². The van der Waals surface area contributed by atoms with Gasteiger partial charge < -0.3 is 25.3 Å². The molecule has 2 saturated heterocycles. The van der Waals surface area contributed by atoms with Gasteiger partial charge in [-0.05, 0) is 25.0 Å². The van der Waals surface area contributed by atoms with Crippen LogP contribution in [-0.2, 0) is 14.4 Å². The van der Waals surface area contributed by atoms with Crippen LogP contribution in [0.3, 0.4) is 0 Å². The van der Waals surface area contributed by atoms with E-state index in [9.17, 15) is 24.6 Å². The molecule has 1 aromatic carbocycles. The molecule has 1 spiro atoms. The van der Waals surface area contributed by atoms with Gasteiger partial charge >= 0.3 is 11.9 Å². The Morgan fingerprint density at radius 1 is 0.929 bits per heavy atom. The molecular formula is C20H25N3O5. The van der Waals surface area contributed by atoms with Gasteiger partial charge in [0.25, 0.3) is 0 Å². The highest BCUT2D eigenvalue weighted by Crippen LogP contribution is 2.46. The molecule has 0 aromatic heterocycles. The summed E-state index contributed by atoms with van der Waals surface area (Å²) in [6.45, 7) is 2.84. The Labute approximate surface area is 163 Å². The van der Waals surface area contributed by atoms with Crippen LogP contribution in [0.25, 0.3) is 0 Å². The van der Waals surface area contributed by atoms with E-state index in [0.29, 0.717) is 45.6 Å². The molecule has 2 atom stereocenters. The maximum atomic E-state index is 13.2. The van der Waals surface area contributed by atoms with Gasteiger partial charge in [-0.2, -0.15) is 0 Å². The van der Waals surface area contributed by atoms with Gasteiger partial charge in [-0.25, -0.2) is 0 Å². The Bertz CT molecular complexity index is 745. The number of piperazine rings is 1. The second-order valence-electron chi connectivity index (χ2n) is 8.11. The van der Waals surface area contributed by atoms with Crippen LogP contribution in [0.4, 0.5) is 5.69 Å². The van der Waals surface area contributed by atoms with Crippen molar-refractivity contribution in [3.8, 4) is 0 Å². The van der Waals surface area contributed by atoms with Gasteiger partial charge in [-0.15, -0.1) is 0 Å². The molecule has 3 fully saturated rings. The Balaban J connectivity index is 1.49. The van der Waals surface area contributed by atoms with E-state index in [0.717, 1.165) is 5.69 Å². The molecule has 4 rings (SSSR count). The van der Waals surface area contributed by atoms with Crippen molar-refractivity contribution in [2.75, 3.05) is 37.6 Å². The SMILES string of the molecule is O=C(O)[C@H]1CC2(CN2)C[C@H](C(=O)O)C1C(=O)N1CCN(c2ccccc2)CC1. The molecule has 8 nitrogen and oxygen atoms in total. The van der Waals surface area contributed by atoms with Crippen LogP contribution in [0.15, 0.2) is 30.3 Å². The van der Waals surface area contributed by atoms with Crippen LogP contribution < -0.4 is 10.2 Å². The number of rotatable bonds is 4. The molecule has 2 heterocycles. The number of hydrogen-bond donors (Lipinski definition) is 3. The van der Waals surface area contributed by atoms with Gasteiger partial charge in [-0.1, -0.05) is 18.2 Å². The zero-order valence-corrected chi connectivity index (χ0v) is 15.6. The number of nitrogens with one attached hydrogen (secondary N) is 1. The molecule has 3 N–H and O–H groups in total. The van der Waals surface area contributed by atoms with E-state index in [1.54, 1.807) is 4.90 Å². The zero-order valence-electron chi connectivity index (χ0n) is 15.6. The lowest BCUT2D eigenvalue weighted by Crippen LogP contribution is -2.56. The lowest BCUT2D eigenvalue weighted by atomic mass is 9.66. The summed E-state index contributed by atoms with van der Waals surface area (Å²) in [6, 6.07) is 9.91. The Morgan fingerprint density at radius 3 is 1.93 bits per heavy atom. The molecule has 1 saturated carbocycles. The van der Waals surface area contributed by atoms with E-state index in [4.69, 9.17) is 0 Å². The topological polar surface area (TPSA) is 120 Å². The molecule has 28 heavy (non-hydrogen) atoms. The minimum atomic E-state index is -1.08. The van der Waals surface area contributed by atoms with Gasteiger partial charge in [0.2, 0.25) is 5.91 Å². The van der Waals surface area contributed by atoms with Gasteiger partial charge in [0.1, 0.15) is 0 Å². The van der Waals surface area contributed by atoms with Crippen molar-refractivity contribution in [3.63, 3.8) is 0 Å². The first-order valence-corrected chi connectivity index (χ1v) is 9.70. The molecule has 1 aromatic rings. The minimum absolute atomic E-state index is 0.312. The van der Waals surface area contributed by atoms with Crippen LogP contribution in [0.1, 0.15) is 12.8 Å². The summed E-state index contributed by atoms with van der Waals surface area (Å²) in [5, 5.41) is 22.5. The van der Waals surface area contributed by atoms with Crippen LogP contribution in [-0.4, -0.2) is 71.2 Å². The fourth-order valence-corrected chi connectivity index (χ4v) is 4.73. The third-order valence-electron chi connectivity index (χ3n) is 6.40. The fraction of sp³-hybridized carbons (Fsp3) is 0.550. The van der Waals surface area contributed by atoms with Crippen LogP contribution >= 0.6 is 0 Å². The summed E-state index contributed by atoms with van der Waals surface area (Å²) in [5.41, 5.74) is 0.662. The van der Waals surface area contributed by atoms with Crippen molar-refractivity contribution in [3.05, 3.63) is 30.3 Å². The monoisotopic (exact) mass is 387 g/mol. The average molecular weight is 387 g/mol. The molecule has 1 aliphatic carbocycles. The van der Waals surface area contributed by atoms with E-state index in [1.807, 2.05) is 30.3 Å². The normalized spacial score (nSPS) is 32.2. The average Bonchev–Trinajstić information content (AvgIpc) is 3.46. The van der Waals surface area contributed by atoms with Gasteiger partial charge in [-0.3, -0.25) is 14.4 Å². The highest BCUT2D eigenvalue weighted by molar-refractivity contribution is 5.90. The summed E-state index contributed by atoms with van der Waals surface area (Å²) in [6.07, 6.45) is 0.624. The maximum absolute atomic E-state index is 13.2. The highest BCUT2D eigenvalue weighted by atomic mass is 16.4. The van der Waals surface area contributed by atoms with Crippen LogP contribution in [0, 0.1) is 17.8 Å².